The molecule has 0 saturated heterocycles. The maximum absolute atomic E-state index is 11.6. The number of hydrogen-bond acceptors (Lipinski definition) is 6. The van der Waals surface area contributed by atoms with Gasteiger partial charge in [0.1, 0.15) is 5.75 Å². The second-order valence-electron chi connectivity index (χ2n) is 4.87. The van der Waals surface area contributed by atoms with Crippen LogP contribution >= 0.6 is 12.2 Å². The first-order valence-corrected chi connectivity index (χ1v) is 8.14. The van der Waals surface area contributed by atoms with Gasteiger partial charge < -0.3 is 14.8 Å². The third-order valence-electron chi connectivity index (χ3n) is 2.70. The standard InChI is InChI=1S/C16H21N3O5S/c1-2-10-23-15(22)9-8-13(20)17-16(25)19-18-14(21)11-24-12-6-4-3-5-7-12/h3-7H,2,8-11H2,1H3,(H,18,21)(H2,17,19,20,25). The predicted molar refractivity (Wildman–Crippen MR) is 94.4 cm³/mol. The molecule has 0 aliphatic carbocycles. The second-order valence-corrected chi connectivity index (χ2v) is 5.28. The molecule has 1 aromatic carbocycles. The van der Waals surface area contributed by atoms with Crippen LogP contribution in [0.2, 0.25) is 0 Å². The minimum absolute atomic E-state index is 0.0360. The molecular weight excluding hydrogens is 346 g/mol. The molecule has 0 radical (unpaired) electrons. The molecule has 0 aliphatic heterocycles. The van der Waals surface area contributed by atoms with Crippen molar-refractivity contribution in [3.05, 3.63) is 30.3 Å². The molecule has 9 heteroatoms. The lowest BCUT2D eigenvalue weighted by Gasteiger charge is -2.11. The van der Waals surface area contributed by atoms with E-state index in [0.29, 0.717) is 12.4 Å². The van der Waals surface area contributed by atoms with E-state index in [1.54, 1.807) is 24.3 Å². The summed E-state index contributed by atoms with van der Waals surface area (Å²) < 4.78 is 10.1. The van der Waals surface area contributed by atoms with Crippen molar-refractivity contribution >= 4 is 35.1 Å². The predicted octanol–water partition coefficient (Wildman–Crippen LogP) is 0.821. The van der Waals surface area contributed by atoms with Gasteiger partial charge in [0.15, 0.2) is 11.7 Å². The molecule has 0 aliphatic rings. The fourth-order valence-corrected chi connectivity index (χ4v) is 1.72. The van der Waals surface area contributed by atoms with Crippen LogP contribution in [0.1, 0.15) is 26.2 Å². The number of rotatable bonds is 8. The Morgan fingerprint density at radius 2 is 1.76 bits per heavy atom. The Morgan fingerprint density at radius 3 is 2.44 bits per heavy atom. The summed E-state index contributed by atoms with van der Waals surface area (Å²) in [4.78, 5) is 34.5. The van der Waals surface area contributed by atoms with E-state index in [2.05, 4.69) is 16.2 Å². The Kier molecular flexibility index (Phi) is 9.61. The molecule has 0 fully saturated rings. The van der Waals surface area contributed by atoms with Crippen LogP contribution in [0.4, 0.5) is 0 Å². The van der Waals surface area contributed by atoms with Crippen LogP contribution in [0, 0.1) is 0 Å². The molecule has 0 unspecified atom stereocenters. The summed E-state index contributed by atoms with van der Waals surface area (Å²) in [6.07, 6.45) is 0.626. The van der Waals surface area contributed by atoms with Crippen LogP contribution in [0.5, 0.6) is 5.75 Å². The summed E-state index contributed by atoms with van der Waals surface area (Å²) in [6.45, 7) is 2.00. The molecule has 8 nitrogen and oxygen atoms in total. The number of benzene rings is 1. The molecule has 25 heavy (non-hydrogen) atoms. The lowest BCUT2D eigenvalue weighted by atomic mass is 10.3. The van der Waals surface area contributed by atoms with Crippen molar-refractivity contribution in [2.75, 3.05) is 13.2 Å². The number of nitrogens with one attached hydrogen (secondary N) is 3. The number of esters is 1. The van der Waals surface area contributed by atoms with Crippen molar-refractivity contribution in [3.8, 4) is 5.75 Å². The third kappa shape index (κ3) is 9.92. The van der Waals surface area contributed by atoms with Crippen molar-refractivity contribution in [2.45, 2.75) is 26.2 Å². The van der Waals surface area contributed by atoms with Gasteiger partial charge in [-0.15, -0.1) is 0 Å². The average molecular weight is 367 g/mol. The van der Waals surface area contributed by atoms with Gasteiger partial charge in [-0.05, 0) is 30.8 Å². The average Bonchev–Trinajstić information content (AvgIpc) is 2.62. The lowest BCUT2D eigenvalue weighted by Crippen LogP contribution is -2.49. The molecule has 0 heterocycles. The molecule has 1 rings (SSSR count). The molecule has 3 N–H and O–H groups in total. The summed E-state index contributed by atoms with van der Waals surface area (Å²) in [5, 5.41) is 2.26. The first-order chi connectivity index (χ1) is 12.0. The fourth-order valence-electron chi connectivity index (χ4n) is 1.55. The van der Waals surface area contributed by atoms with Crippen LogP contribution < -0.4 is 20.9 Å². The smallest absolute Gasteiger partial charge is 0.306 e. The van der Waals surface area contributed by atoms with E-state index in [0.717, 1.165) is 6.42 Å². The number of thiocarbonyl (C=S) groups is 1. The Hall–Kier alpha value is -2.68. The number of para-hydroxylation sites is 1. The number of carbonyl (C=O) groups is 3. The summed E-state index contributed by atoms with van der Waals surface area (Å²) >= 11 is 4.86. The van der Waals surface area contributed by atoms with E-state index in [9.17, 15) is 14.4 Å². The molecule has 1 aromatic rings. The van der Waals surface area contributed by atoms with E-state index in [4.69, 9.17) is 21.7 Å². The van der Waals surface area contributed by atoms with Crippen molar-refractivity contribution < 1.29 is 23.9 Å². The van der Waals surface area contributed by atoms with Crippen LogP contribution in [-0.2, 0) is 19.1 Å². The van der Waals surface area contributed by atoms with Gasteiger partial charge in [0.05, 0.1) is 13.0 Å². The van der Waals surface area contributed by atoms with Gasteiger partial charge in [-0.25, -0.2) is 0 Å². The normalized spacial score (nSPS) is 9.64. The van der Waals surface area contributed by atoms with Crippen molar-refractivity contribution in [2.24, 2.45) is 0 Å². The summed E-state index contributed by atoms with van der Waals surface area (Å²) in [5.41, 5.74) is 4.66. The summed E-state index contributed by atoms with van der Waals surface area (Å²) in [5.74, 6) is -0.810. The Labute approximate surface area is 151 Å². The highest BCUT2D eigenvalue weighted by Gasteiger charge is 2.10. The van der Waals surface area contributed by atoms with Gasteiger partial charge in [-0.1, -0.05) is 25.1 Å². The van der Waals surface area contributed by atoms with Crippen LogP contribution in [-0.4, -0.2) is 36.1 Å². The van der Waals surface area contributed by atoms with Gasteiger partial charge in [-0.2, -0.15) is 0 Å². The molecule has 0 bridgehead atoms. The van der Waals surface area contributed by atoms with E-state index in [1.165, 1.54) is 0 Å². The van der Waals surface area contributed by atoms with Crippen LogP contribution in [0.25, 0.3) is 0 Å². The Morgan fingerprint density at radius 1 is 1.04 bits per heavy atom. The lowest BCUT2D eigenvalue weighted by molar-refractivity contribution is -0.144. The quantitative estimate of drug-likeness (QED) is 0.355. The van der Waals surface area contributed by atoms with Crippen LogP contribution in [0.3, 0.4) is 0 Å². The number of hydrazine groups is 1. The van der Waals surface area contributed by atoms with Gasteiger partial charge in [-0.3, -0.25) is 25.2 Å². The number of ether oxygens (including phenoxy) is 2. The zero-order valence-corrected chi connectivity index (χ0v) is 14.7. The Balaban J connectivity index is 2.15. The molecule has 136 valence electrons. The van der Waals surface area contributed by atoms with Gasteiger partial charge in [0, 0.05) is 6.42 Å². The minimum Gasteiger partial charge on any atom is -0.484 e. The molecular formula is C16H21N3O5S. The topological polar surface area (TPSA) is 106 Å². The molecule has 0 aromatic heterocycles. The van der Waals surface area contributed by atoms with Crippen LogP contribution in [0.15, 0.2) is 30.3 Å². The van der Waals surface area contributed by atoms with Crippen molar-refractivity contribution in [1.82, 2.24) is 16.2 Å². The summed E-state index contributed by atoms with van der Waals surface area (Å²) in [6, 6.07) is 8.84. The second kappa shape index (κ2) is 11.8. The fraction of sp³-hybridized carbons (Fsp3) is 0.375. The molecule has 0 spiro atoms. The summed E-state index contributed by atoms with van der Waals surface area (Å²) in [7, 11) is 0. The third-order valence-corrected chi connectivity index (χ3v) is 2.91. The molecule has 0 saturated carbocycles. The maximum atomic E-state index is 11.6. The van der Waals surface area contributed by atoms with E-state index < -0.39 is 17.8 Å². The zero-order valence-electron chi connectivity index (χ0n) is 13.9. The zero-order chi connectivity index (χ0) is 18.5. The van der Waals surface area contributed by atoms with E-state index >= 15 is 0 Å². The van der Waals surface area contributed by atoms with Gasteiger partial charge in [0.2, 0.25) is 5.91 Å². The maximum Gasteiger partial charge on any atom is 0.306 e. The molecule has 2 amide bonds. The highest BCUT2D eigenvalue weighted by molar-refractivity contribution is 7.80. The monoisotopic (exact) mass is 367 g/mol. The first-order valence-electron chi connectivity index (χ1n) is 7.73. The van der Waals surface area contributed by atoms with Gasteiger partial charge in [0.25, 0.3) is 5.91 Å². The number of carbonyl (C=O) groups excluding carboxylic acids is 3. The SMILES string of the molecule is CCCOC(=O)CCC(=O)NC(=S)NNC(=O)COc1ccccc1. The molecule has 0 atom stereocenters. The Bertz CT molecular complexity index is 595. The largest absolute Gasteiger partial charge is 0.484 e. The highest BCUT2D eigenvalue weighted by atomic mass is 32.1. The van der Waals surface area contributed by atoms with Crippen molar-refractivity contribution in [1.29, 1.82) is 0 Å². The minimum atomic E-state index is -0.469. The van der Waals surface area contributed by atoms with Crippen molar-refractivity contribution in [3.63, 3.8) is 0 Å². The first kappa shape index (κ1) is 20.4. The highest BCUT2D eigenvalue weighted by Crippen LogP contribution is 2.07. The number of amides is 2. The van der Waals surface area contributed by atoms with Gasteiger partial charge >= 0.3 is 5.97 Å². The number of hydrogen-bond donors (Lipinski definition) is 3. The van der Waals surface area contributed by atoms with E-state index in [1.807, 2.05) is 13.0 Å². The van der Waals surface area contributed by atoms with E-state index in [-0.39, 0.29) is 24.6 Å².